The van der Waals surface area contributed by atoms with E-state index in [1.165, 1.54) is 0 Å². The number of amides is 2. The van der Waals surface area contributed by atoms with Crippen LogP contribution in [0.25, 0.3) is 0 Å². The fourth-order valence-corrected chi connectivity index (χ4v) is 6.34. The molecule has 2 aliphatic heterocycles. The maximum Gasteiger partial charge on any atom is 0.243 e. The van der Waals surface area contributed by atoms with Gasteiger partial charge in [-0.3, -0.25) is 9.59 Å². The van der Waals surface area contributed by atoms with E-state index in [1.807, 2.05) is 47.4 Å². The van der Waals surface area contributed by atoms with Crippen LogP contribution in [0, 0.1) is 5.92 Å². The summed E-state index contributed by atoms with van der Waals surface area (Å²) in [4.78, 5) is 27.4. The van der Waals surface area contributed by atoms with E-state index in [1.54, 1.807) is 16.4 Å². The van der Waals surface area contributed by atoms with Crippen LogP contribution >= 0.6 is 0 Å². The Morgan fingerprint density at radius 2 is 1.46 bits per heavy atom. The zero-order valence-corrected chi connectivity index (χ0v) is 21.0. The van der Waals surface area contributed by atoms with Gasteiger partial charge in [-0.05, 0) is 61.9 Å². The highest BCUT2D eigenvalue weighted by molar-refractivity contribution is 7.89. The standard InChI is InChI=1S/C27H35N3O4S/c31-26(29-20-16-23(17-21-29)27(32)28-24-8-4-3-5-9-24)15-12-22-10-13-25(14-11-22)35(33,34)30-18-6-1-2-7-19-30/h3-5,8-11,13-14,23H,1-2,6-7,12,15-21H2,(H,28,32). The average molecular weight is 498 g/mol. The molecule has 4 rings (SSSR count). The molecule has 8 heteroatoms. The Morgan fingerprint density at radius 1 is 0.829 bits per heavy atom. The number of carbonyl (C=O) groups is 2. The van der Waals surface area contributed by atoms with Crippen molar-refractivity contribution < 1.29 is 18.0 Å². The number of rotatable bonds is 7. The minimum absolute atomic E-state index is 0.0125. The highest BCUT2D eigenvalue weighted by atomic mass is 32.2. The summed E-state index contributed by atoms with van der Waals surface area (Å²) in [7, 11) is -3.46. The first kappa shape index (κ1) is 25.4. The van der Waals surface area contributed by atoms with Gasteiger partial charge in [-0.15, -0.1) is 0 Å². The van der Waals surface area contributed by atoms with E-state index >= 15 is 0 Å². The molecule has 0 unspecified atom stereocenters. The summed E-state index contributed by atoms with van der Waals surface area (Å²) in [5, 5.41) is 2.95. The third-order valence-electron chi connectivity index (χ3n) is 7.01. The molecule has 0 aliphatic carbocycles. The summed E-state index contributed by atoms with van der Waals surface area (Å²) in [6.07, 6.45) is 6.25. The van der Waals surface area contributed by atoms with Crippen molar-refractivity contribution in [1.29, 1.82) is 0 Å². The number of hydrogen-bond donors (Lipinski definition) is 1. The Hall–Kier alpha value is -2.71. The molecular weight excluding hydrogens is 462 g/mol. The molecule has 2 aromatic carbocycles. The number of anilines is 1. The van der Waals surface area contributed by atoms with E-state index in [4.69, 9.17) is 0 Å². The maximum atomic E-state index is 12.9. The Kier molecular flexibility index (Phi) is 8.57. The van der Waals surface area contributed by atoms with Crippen LogP contribution in [0.2, 0.25) is 0 Å². The van der Waals surface area contributed by atoms with Gasteiger partial charge in [0.25, 0.3) is 0 Å². The number of nitrogens with zero attached hydrogens (tertiary/aromatic N) is 2. The number of benzene rings is 2. The summed E-state index contributed by atoms with van der Waals surface area (Å²) in [6.45, 7) is 2.34. The first-order valence-electron chi connectivity index (χ1n) is 12.7. The highest BCUT2D eigenvalue weighted by Gasteiger charge is 2.28. The summed E-state index contributed by atoms with van der Waals surface area (Å²) < 4.78 is 27.5. The van der Waals surface area contributed by atoms with Gasteiger partial charge in [-0.25, -0.2) is 8.42 Å². The van der Waals surface area contributed by atoms with E-state index in [9.17, 15) is 18.0 Å². The monoisotopic (exact) mass is 497 g/mol. The molecule has 2 heterocycles. The van der Waals surface area contributed by atoms with Crippen molar-refractivity contribution in [2.24, 2.45) is 5.92 Å². The second-order valence-corrected chi connectivity index (χ2v) is 11.4. The number of hydrogen-bond acceptors (Lipinski definition) is 4. The molecule has 2 aliphatic rings. The number of carbonyl (C=O) groups excluding carboxylic acids is 2. The number of nitrogens with one attached hydrogen (secondary N) is 1. The van der Waals surface area contributed by atoms with E-state index < -0.39 is 10.0 Å². The SMILES string of the molecule is O=C(Nc1ccccc1)C1CCN(C(=O)CCc2ccc(S(=O)(=O)N3CCCCCC3)cc2)CC1. The topological polar surface area (TPSA) is 86.8 Å². The van der Waals surface area contributed by atoms with Gasteiger partial charge in [0.1, 0.15) is 0 Å². The molecule has 0 saturated carbocycles. The van der Waals surface area contributed by atoms with Crippen molar-refractivity contribution in [2.75, 3.05) is 31.5 Å². The lowest BCUT2D eigenvalue weighted by molar-refractivity contribution is -0.134. The van der Waals surface area contributed by atoms with E-state index in [0.717, 1.165) is 36.9 Å². The maximum absolute atomic E-state index is 12.9. The van der Waals surface area contributed by atoms with Gasteiger partial charge in [0, 0.05) is 44.2 Å². The van der Waals surface area contributed by atoms with Crippen molar-refractivity contribution in [2.45, 2.75) is 56.3 Å². The molecule has 2 fully saturated rings. The number of para-hydroxylation sites is 1. The zero-order valence-electron chi connectivity index (χ0n) is 20.2. The molecule has 2 amide bonds. The minimum Gasteiger partial charge on any atom is -0.343 e. The summed E-state index contributed by atoms with van der Waals surface area (Å²) in [6, 6.07) is 16.4. The van der Waals surface area contributed by atoms with Gasteiger partial charge in [0.15, 0.2) is 0 Å². The molecule has 0 atom stereocenters. The van der Waals surface area contributed by atoms with Crippen LogP contribution in [0.5, 0.6) is 0 Å². The van der Waals surface area contributed by atoms with Gasteiger partial charge in [-0.1, -0.05) is 43.2 Å². The lowest BCUT2D eigenvalue weighted by Crippen LogP contribution is -2.41. The molecule has 2 aromatic rings. The molecular formula is C27H35N3O4S. The van der Waals surface area contributed by atoms with Crippen LogP contribution in [0.15, 0.2) is 59.5 Å². The summed E-state index contributed by atoms with van der Waals surface area (Å²) >= 11 is 0. The van der Waals surface area contributed by atoms with Gasteiger partial charge >= 0.3 is 0 Å². The Bertz CT molecular complexity index is 1090. The molecule has 188 valence electrons. The van der Waals surface area contributed by atoms with Crippen LogP contribution in [0.3, 0.4) is 0 Å². The minimum atomic E-state index is -3.46. The van der Waals surface area contributed by atoms with Crippen LogP contribution in [0.4, 0.5) is 5.69 Å². The first-order chi connectivity index (χ1) is 16.9. The molecule has 0 aromatic heterocycles. The lowest BCUT2D eigenvalue weighted by atomic mass is 9.95. The smallest absolute Gasteiger partial charge is 0.243 e. The van der Waals surface area contributed by atoms with E-state index in [2.05, 4.69) is 5.32 Å². The molecule has 0 bridgehead atoms. The molecule has 35 heavy (non-hydrogen) atoms. The lowest BCUT2D eigenvalue weighted by Gasteiger charge is -2.31. The normalized spacial score (nSPS) is 18.1. The molecule has 7 nitrogen and oxygen atoms in total. The summed E-state index contributed by atoms with van der Waals surface area (Å²) in [5.41, 5.74) is 1.74. The number of piperidine rings is 1. The first-order valence-corrected chi connectivity index (χ1v) is 14.1. The quantitative estimate of drug-likeness (QED) is 0.625. The predicted octanol–water partition coefficient (Wildman–Crippen LogP) is 4.06. The second kappa shape index (κ2) is 11.8. The van der Waals surface area contributed by atoms with Crippen molar-refractivity contribution in [3.8, 4) is 0 Å². The summed E-state index contributed by atoms with van der Waals surface area (Å²) in [5.74, 6) is 0.00431. The fourth-order valence-electron chi connectivity index (χ4n) is 4.83. The third-order valence-corrected chi connectivity index (χ3v) is 8.93. The number of likely N-dealkylation sites (tertiary alicyclic amines) is 1. The molecule has 2 saturated heterocycles. The second-order valence-electron chi connectivity index (χ2n) is 9.47. The Morgan fingerprint density at radius 3 is 2.09 bits per heavy atom. The Balaban J connectivity index is 1.23. The molecule has 1 N–H and O–H groups in total. The zero-order chi connectivity index (χ0) is 24.7. The van der Waals surface area contributed by atoms with Crippen LogP contribution in [-0.4, -0.2) is 55.6 Å². The van der Waals surface area contributed by atoms with Gasteiger partial charge < -0.3 is 10.2 Å². The number of sulfonamides is 1. The fraction of sp³-hybridized carbons (Fsp3) is 0.481. The Labute approximate surface area is 208 Å². The van der Waals surface area contributed by atoms with Crippen molar-refractivity contribution in [3.05, 3.63) is 60.2 Å². The largest absolute Gasteiger partial charge is 0.343 e. The van der Waals surface area contributed by atoms with Crippen molar-refractivity contribution >= 4 is 27.5 Å². The highest BCUT2D eigenvalue weighted by Crippen LogP contribution is 2.22. The number of aryl methyl sites for hydroxylation is 1. The molecule has 0 radical (unpaired) electrons. The van der Waals surface area contributed by atoms with Crippen molar-refractivity contribution in [3.63, 3.8) is 0 Å². The van der Waals surface area contributed by atoms with Gasteiger partial charge in [-0.2, -0.15) is 4.31 Å². The third kappa shape index (κ3) is 6.70. The van der Waals surface area contributed by atoms with E-state index in [0.29, 0.717) is 56.8 Å². The van der Waals surface area contributed by atoms with Crippen LogP contribution < -0.4 is 5.32 Å². The molecule has 0 spiro atoms. The van der Waals surface area contributed by atoms with Crippen LogP contribution in [-0.2, 0) is 26.0 Å². The van der Waals surface area contributed by atoms with E-state index in [-0.39, 0.29) is 17.7 Å². The van der Waals surface area contributed by atoms with Gasteiger partial charge in [0.2, 0.25) is 21.8 Å². The average Bonchev–Trinajstić information content (AvgIpc) is 3.19. The van der Waals surface area contributed by atoms with Crippen LogP contribution in [0.1, 0.15) is 50.5 Å². The van der Waals surface area contributed by atoms with Crippen molar-refractivity contribution in [1.82, 2.24) is 9.21 Å². The van der Waals surface area contributed by atoms with Gasteiger partial charge in [0.05, 0.1) is 4.90 Å². The predicted molar refractivity (Wildman–Crippen MR) is 136 cm³/mol.